The van der Waals surface area contributed by atoms with Gasteiger partial charge in [0.15, 0.2) is 0 Å². The molecule has 1 amide bonds. The van der Waals surface area contributed by atoms with Crippen molar-refractivity contribution in [2.45, 2.75) is 31.5 Å². The highest BCUT2D eigenvalue weighted by Crippen LogP contribution is 2.35. The molecule has 8 heteroatoms. The summed E-state index contributed by atoms with van der Waals surface area (Å²) in [4.78, 5) is 20.7. The second-order valence-electron chi connectivity index (χ2n) is 7.56. The maximum Gasteiger partial charge on any atom is 0.416 e. The van der Waals surface area contributed by atoms with Crippen LogP contribution in [0.4, 0.5) is 18.9 Å². The largest absolute Gasteiger partial charge is 0.416 e. The molecule has 1 saturated heterocycles. The second kappa shape index (κ2) is 7.76. The van der Waals surface area contributed by atoms with Crippen molar-refractivity contribution in [1.29, 1.82) is 0 Å². The summed E-state index contributed by atoms with van der Waals surface area (Å²) in [5.41, 5.74) is 1.58. The normalized spacial score (nSPS) is 18.3. The summed E-state index contributed by atoms with van der Waals surface area (Å²) < 4.78 is 39.1. The number of carbonyl (C=O) groups excluding carboxylic acids is 1. The standard InChI is InChI=1S/C21H22F3N3O2/c22-21(23,24)16-3-1-2-14(10-16)15-11-19-18(25-13-15)12-20(29)27(19)9-8-26-6-4-17(28)5-7-26/h1-3,10-11,13,17,28H,4-9,12H2. The Morgan fingerprint density at radius 2 is 1.86 bits per heavy atom. The fraction of sp³-hybridized carbons (Fsp3) is 0.429. The Balaban J connectivity index is 1.54. The van der Waals surface area contributed by atoms with Gasteiger partial charge >= 0.3 is 6.18 Å². The van der Waals surface area contributed by atoms with Gasteiger partial charge in [0, 0.05) is 37.9 Å². The van der Waals surface area contributed by atoms with E-state index < -0.39 is 11.7 Å². The first-order valence-electron chi connectivity index (χ1n) is 9.68. The first-order chi connectivity index (χ1) is 13.8. The van der Waals surface area contributed by atoms with E-state index in [0.29, 0.717) is 35.6 Å². The molecule has 154 valence electrons. The maximum atomic E-state index is 13.0. The molecule has 0 aliphatic carbocycles. The number of hydrogen-bond acceptors (Lipinski definition) is 4. The first-order valence-corrected chi connectivity index (χ1v) is 9.68. The van der Waals surface area contributed by atoms with Crippen LogP contribution in [0, 0.1) is 0 Å². The van der Waals surface area contributed by atoms with E-state index >= 15 is 0 Å². The van der Waals surface area contributed by atoms with Crippen LogP contribution >= 0.6 is 0 Å². The van der Waals surface area contributed by atoms with Crippen LogP contribution in [-0.4, -0.2) is 53.2 Å². The number of rotatable bonds is 4. The van der Waals surface area contributed by atoms with Gasteiger partial charge in [-0.25, -0.2) is 0 Å². The van der Waals surface area contributed by atoms with Crippen LogP contribution in [0.25, 0.3) is 11.1 Å². The molecule has 0 spiro atoms. The third kappa shape index (κ3) is 4.28. The first kappa shape index (κ1) is 19.8. The monoisotopic (exact) mass is 405 g/mol. The smallest absolute Gasteiger partial charge is 0.393 e. The molecule has 0 saturated carbocycles. The molecule has 29 heavy (non-hydrogen) atoms. The number of fused-ring (bicyclic) bond motifs is 1. The van der Waals surface area contributed by atoms with E-state index in [1.54, 1.807) is 17.0 Å². The number of hydrogen-bond donors (Lipinski definition) is 1. The quantitative estimate of drug-likeness (QED) is 0.849. The van der Waals surface area contributed by atoms with Gasteiger partial charge in [0.2, 0.25) is 5.91 Å². The molecule has 0 unspecified atom stereocenters. The van der Waals surface area contributed by atoms with Gasteiger partial charge in [-0.3, -0.25) is 9.78 Å². The summed E-state index contributed by atoms with van der Waals surface area (Å²) >= 11 is 0. The van der Waals surface area contributed by atoms with Crippen molar-refractivity contribution in [1.82, 2.24) is 9.88 Å². The number of likely N-dealkylation sites (tertiary alicyclic amines) is 1. The minimum Gasteiger partial charge on any atom is -0.393 e. The predicted molar refractivity (Wildman–Crippen MR) is 102 cm³/mol. The molecule has 2 aliphatic heterocycles. The highest BCUT2D eigenvalue weighted by atomic mass is 19.4. The van der Waals surface area contributed by atoms with Crippen LogP contribution in [0.3, 0.4) is 0 Å². The van der Waals surface area contributed by atoms with Gasteiger partial charge in [-0.2, -0.15) is 13.2 Å². The molecule has 1 aromatic heterocycles. The summed E-state index contributed by atoms with van der Waals surface area (Å²) in [6.07, 6.45) is -1.48. The lowest BCUT2D eigenvalue weighted by Crippen LogP contribution is -2.41. The van der Waals surface area contributed by atoms with Crippen LogP contribution in [-0.2, 0) is 17.4 Å². The number of nitrogens with zero attached hydrogens (tertiary/aromatic N) is 3. The molecular formula is C21H22F3N3O2. The number of aliphatic hydroxyl groups excluding tert-OH is 1. The Morgan fingerprint density at radius 1 is 1.10 bits per heavy atom. The molecule has 0 bridgehead atoms. The fourth-order valence-electron chi connectivity index (χ4n) is 3.89. The average molecular weight is 405 g/mol. The average Bonchev–Trinajstić information content (AvgIpc) is 3.01. The molecule has 0 radical (unpaired) electrons. The van der Waals surface area contributed by atoms with Crippen molar-refractivity contribution < 1.29 is 23.1 Å². The third-order valence-corrected chi connectivity index (χ3v) is 5.58. The Bertz CT molecular complexity index is 908. The van der Waals surface area contributed by atoms with Gasteiger partial charge in [0.25, 0.3) is 0 Å². The van der Waals surface area contributed by atoms with Crippen LogP contribution in [0.2, 0.25) is 0 Å². The number of aliphatic hydroxyl groups is 1. The Labute approximate surface area is 166 Å². The number of alkyl halides is 3. The zero-order valence-electron chi connectivity index (χ0n) is 15.8. The Hall–Kier alpha value is -2.45. The van der Waals surface area contributed by atoms with Crippen LogP contribution in [0.1, 0.15) is 24.1 Å². The number of piperidine rings is 1. The molecule has 5 nitrogen and oxygen atoms in total. The minimum absolute atomic E-state index is 0.0502. The third-order valence-electron chi connectivity index (χ3n) is 5.58. The van der Waals surface area contributed by atoms with Gasteiger partial charge in [-0.15, -0.1) is 0 Å². The van der Waals surface area contributed by atoms with Crippen molar-refractivity contribution in [3.05, 3.63) is 47.8 Å². The van der Waals surface area contributed by atoms with E-state index in [2.05, 4.69) is 9.88 Å². The zero-order valence-corrected chi connectivity index (χ0v) is 15.8. The van der Waals surface area contributed by atoms with Crippen molar-refractivity contribution >= 4 is 11.6 Å². The lowest BCUT2D eigenvalue weighted by Gasteiger charge is -2.31. The van der Waals surface area contributed by atoms with Crippen molar-refractivity contribution in [3.63, 3.8) is 0 Å². The lowest BCUT2D eigenvalue weighted by molar-refractivity contribution is -0.137. The molecule has 2 aromatic rings. The van der Waals surface area contributed by atoms with Crippen molar-refractivity contribution in [3.8, 4) is 11.1 Å². The van der Waals surface area contributed by atoms with E-state index in [4.69, 9.17) is 0 Å². The zero-order chi connectivity index (χ0) is 20.6. The van der Waals surface area contributed by atoms with Crippen LogP contribution < -0.4 is 4.90 Å². The molecule has 3 heterocycles. The molecular weight excluding hydrogens is 383 g/mol. The molecule has 0 atom stereocenters. The summed E-state index contributed by atoms with van der Waals surface area (Å²) in [6, 6.07) is 6.87. The SMILES string of the molecule is O=C1Cc2ncc(-c3cccc(C(F)(F)F)c3)cc2N1CCN1CCC(O)CC1. The maximum absolute atomic E-state index is 13.0. The van der Waals surface area contributed by atoms with E-state index in [1.165, 1.54) is 12.3 Å². The highest BCUT2D eigenvalue weighted by Gasteiger charge is 2.32. The highest BCUT2D eigenvalue weighted by molar-refractivity contribution is 6.01. The number of benzene rings is 1. The van der Waals surface area contributed by atoms with E-state index in [0.717, 1.165) is 38.1 Å². The van der Waals surface area contributed by atoms with Gasteiger partial charge in [0.05, 0.1) is 29.5 Å². The van der Waals surface area contributed by atoms with Crippen molar-refractivity contribution in [2.24, 2.45) is 0 Å². The predicted octanol–water partition coefficient (Wildman–Crippen LogP) is 3.11. The summed E-state index contributed by atoms with van der Waals surface area (Å²) in [6.45, 7) is 2.76. The lowest BCUT2D eigenvalue weighted by atomic mass is 10.0. The molecule has 1 fully saturated rings. The Morgan fingerprint density at radius 3 is 2.59 bits per heavy atom. The van der Waals surface area contributed by atoms with Crippen LogP contribution in [0.5, 0.6) is 0 Å². The van der Waals surface area contributed by atoms with E-state index in [1.807, 2.05) is 0 Å². The van der Waals surface area contributed by atoms with Gasteiger partial charge in [-0.1, -0.05) is 12.1 Å². The summed E-state index contributed by atoms with van der Waals surface area (Å²) in [5.74, 6) is -0.0502. The second-order valence-corrected chi connectivity index (χ2v) is 7.56. The Kier molecular flexibility index (Phi) is 5.31. The summed E-state index contributed by atoms with van der Waals surface area (Å²) in [5, 5.41) is 9.62. The van der Waals surface area contributed by atoms with Gasteiger partial charge in [-0.05, 0) is 36.6 Å². The summed E-state index contributed by atoms with van der Waals surface area (Å²) in [7, 11) is 0. The number of amides is 1. The van der Waals surface area contributed by atoms with Gasteiger partial charge < -0.3 is 14.9 Å². The molecule has 1 aromatic carbocycles. The van der Waals surface area contributed by atoms with Gasteiger partial charge in [0.1, 0.15) is 0 Å². The topological polar surface area (TPSA) is 56.7 Å². The molecule has 4 rings (SSSR count). The van der Waals surface area contributed by atoms with Crippen LogP contribution in [0.15, 0.2) is 36.5 Å². The number of pyridine rings is 1. The fourth-order valence-corrected chi connectivity index (χ4v) is 3.89. The van der Waals surface area contributed by atoms with E-state index in [9.17, 15) is 23.1 Å². The number of carbonyl (C=O) groups is 1. The molecule has 2 aliphatic rings. The number of aromatic nitrogens is 1. The van der Waals surface area contributed by atoms with Crippen molar-refractivity contribution in [2.75, 3.05) is 31.1 Å². The van der Waals surface area contributed by atoms with E-state index in [-0.39, 0.29) is 18.4 Å². The number of anilines is 1. The molecule has 1 N–H and O–H groups in total. The minimum atomic E-state index is -4.41. The number of halogens is 3.